The summed E-state index contributed by atoms with van der Waals surface area (Å²) >= 11 is 0. The van der Waals surface area contributed by atoms with Gasteiger partial charge < -0.3 is 14.7 Å². The zero-order valence-corrected chi connectivity index (χ0v) is 12.1. The number of anilines is 1. The second-order valence-electron chi connectivity index (χ2n) is 5.08. The molecule has 0 radical (unpaired) electrons. The Labute approximate surface area is 118 Å². The molecule has 1 aliphatic rings. The SMILES string of the molecule is COCC1=CCN(c2nc(C)cc(C)c2C(=O)O)CC1. The molecule has 0 unspecified atom stereocenters. The molecule has 20 heavy (non-hydrogen) atoms. The monoisotopic (exact) mass is 276 g/mol. The molecule has 2 heterocycles. The Morgan fingerprint density at radius 2 is 2.25 bits per heavy atom. The van der Waals surface area contributed by atoms with E-state index in [2.05, 4.69) is 11.1 Å². The van der Waals surface area contributed by atoms with Crippen molar-refractivity contribution in [2.45, 2.75) is 20.3 Å². The van der Waals surface area contributed by atoms with Crippen molar-refractivity contribution in [1.82, 2.24) is 4.98 Å². The predicted octanol–water partition coefficient (Wildman–Crippen LogP) is 2.18. The number of rotatable bonds is 4. The third kappa shape index (κ3) is 2.99. The number of carboxylic acid groups (broad SMARTS) is 1. The zero-order valence-electron chi connectivity index (χ0n) is 12.1. The van der Waals surface area contributed by atoms with Gasteiger partial charge in [-0.15, -0.1) is 0 Å². The van der Waals surface area contributed by atoms with Gasteiger partial charge in [-0.1, -0.05) is 6.08 Å². The Bertz CT molecular complexity index is 552. The van der Waals surface area contributed by atoms with Crippen molar-refractivity contribution in [2.75, 3.05) is 31.7 Å². The van der Waals surface area contributed by atoms with Crippen LogP contribution in [0.5, 0.6) is 0 Å². The summed E-state index contributed by atoms with van der Waals surface area (Å²) in [5, 5.41) is 9.40. The van der Waals surface area contributed by atoms with Crippen LogP contribution < -0.4 is 4.90 Å². The van der Waals surface area contributed by atoms with E-state index in [4.69, 9.17) is 4.74 Å². The van der Waals surface area contributed by atoms with Crippen molar-refractivity contribution in [3.05, 3.63) is 34.5 Å². The van der Waals surface area contributed by atoms with Crippen molar-refractivity contribution >= 4 is 11.8 Å². The minimum absolute atomic E-state index is 0.305. The molecule has 1 N–H and O–H groups in total. The molecule has 0 atom stereocenters. The van der Waals surface area contributed by atoms with Gasteiger partial charge in [-0.2, -0.15) is 0 Å². The zero-order chi connectivity index (χ0) is 14.7. The van der Waals surface area contributed by atoms with Gasteiger partial charge in [0.15, 0.2) is 0 Å². The summed E-state index contributed by atoms with van der Waals surface area (Å²) in [6, 6.07) is 1.81. The smallest absolute Gasteiger partial charge is 0.339 e. The van der Waals surface area contributed by atoms with Crippen LogP contribution in [0.15, 0.2) is 17.7 Å². The molecule has 0 aliphatic carbocycles. The summed E-state index contributed by atoms with van der Waals surface area (Å²) < 4.78 is 5.13. The number of nitrogens with zero attached hydrogens (tertiary/aromatic N) is 2. The normalized spacial score (nSPS) is 15.2. The highest BCUT2D eigenvalue weighted by Crippen LogP contribution is 2.25. The summed E-state index contributed by atoms with van der Waals surface area (Å²) in [6.07, 6.45) is 2.97. The molecular formula is C15H20N2O3. The lowest BCUT2D eigenvalue weighted by Gasteiger charge is -2.29. The van der Waals surface area contributed by atoms with Crippen molar-refractivity contribution in [1.29, 1.82) is 0 Å². The molecule has 0 spiro atoms. The molecule has 1 aromatic heterocycles. The molecule has 1 aliphatic heterocycles. The van der Waals surface area contributed by atoms with Gasteiger partial charge in [0.25, 0.3) is 0 Å². The van der Waals surface area contributed by atoms with E-state index in [0.717, 1.165) is 24.2 Å². The van der Waals surface area contributed by atoms with E-state index >= 15 is 0 Å². The number of aromatic carboxylic acids is 1. The van der Waals surface area contributed by atoms with Gasteiger partial charge >= 0.3 is 5.97 Å². The van der Waals surface area contributed by atoms with Crippen LogP contribution in [0.25, 0.3) is 0 Å². The third-order valence-corrected chi connectivity index (χ3v) is 3.47. The first-order valence-corrected chi connectivity index (χ1v) is 6.66. The maximum Gasteiger partial charge on any atom is 0.339 e. The lowest BCUT2D eigenvalue weighted by atomic mass is 10.1. The van der Waals surface area contributed by atoms with Crippen molar-refractivity contribution in [3.8, 4) is 0 Å². The highest BCUT2D eigenvalue weighted by atomic mass is 16.5. The van der Waals surface area contributed by atoms with E-state index in [0.29, 0.717) is 24.5 Å². The lowest BCUT2D eigenvalue weighted by molar-refractivity contribution is 0.0696. The predicted molar refractivity (Wildman–Crippen MR) is 77.5 cm³/mol. The molecular weight excluding hydrogens is 256 g/mol. The lowest BCUT2D eigenvalue weighted by Crippen LogP contribution is -2.32. The highest BCUT2D eigenvalue weighted by Gasteiger charge is 2.22. The van der Waals surface area contributed by atoms with Gasteiger partial charge in [-0.05, 0) is 37.5 Å². The number of carboxylic acids is 1. The fourth-order valence-corrected chi connectivity index (χ4v) is 2.53. The Kier molecular flexibility index (Phi) is 4.39. The van der Waals surface area contributed by atoms with Crippen LogP contribution >= 0.6 is 0 Å². The second kappa shape index (κ2) is 6.05. The van der Waals surface area contributed by atoms with Crippen LogP contribution in [-0.4, -0.2) is 42.9 Å². The van der Waals surface area contributed by atoms with Crippen LogP contribution in [0.4, 0.5) is 5.82 Å². The van der Waals surface area contributed by atoms with E-state index in [9.17, 15) is 9.90 Å². The molecule has 2 rings (SSSR count). The Balaban J connectivity index is 2.32. The van der Waals surface area contributed by atoms with Crippen LogP contribution in [-0.2, 0) is 4.74 Å². The quantitative estimate of drug-likeness (QED) is 0.854. The fraction of sp³-hybridized carbons (Fsp3) is 0.467. The molecule has 5 nitrogen and oxygen atoms in total. The first-order valence-electron chi connectivity index (χ1n) is 6.66. The molecule has 0 bridgehead atoms. The Morgan fingerprint density at radius 1 is 1.50 bits per heavy atom. The number of ether oxygens (including phenoxy) is 1. The first kappa shape index (κ1) is 14.5. The standard InChI is InChI=1S/C15H20N2O3/c1-10-8-11(2)16-14(13(10)15(18)19)17-6-4-12(5-7-17)9-20-3/h4,8H,5-7,9H2,1-3H3,(H,18,19). The van der Waals surface area contributed by atoms with Crippen LogP contribution in [0.3, 0.4) is 0 Å². The molecule has 0 saturated carbocycles. The summed E-state index contributed by atoms with van der Waals surface area (Å²) in [4.78, 5) is 17.9. The molecule has 0 aromatic carbocycles. The van der Waals surface area contributed by atoms with Crippen molar-refractivity contribution < 1.29 is 14.6 Å². The Hall–Kier alpha value is -1.88. The topological polar surface area (TPSA) is 62.7 Å². The molecule has 0 fully saturated rings. The number of methoxy groups -OCH3 is 1. The average Bonchev–Trinajstić information content (AvgIpc) is 2.38. The van der Waals surface area contributed by atoms with Gasteiger partial charge in [-0.25, -0.2) is 9.78 Å². The van der Waals surface area contributed by atoms with E-state index in [1.807, 2.05) is 24.8 Å². The van der Waals surface area contributed by atoms with E-state index in [-0.39, 0.29) is 0 Å². The minimum Gasteiger partial charge on any atom is -0.478 e. The van der Waals surface area contributed by atoms with Gasteiger partial charge in [0.2, 0.25) is 0 Å². The highest BCUT2D eigenvalue weighted by molar-refractivity contribution is 5.95. The van der Waals surface area contributed by atoms with Gasteiger partial charge in [0.1, 0.15) is 11.4 Å². The number of aromatic nitrogens is 1. The van der Waals surface area contributed by atoms with Crippen molar-refractivity contribution in [2.24, 2.45) is 0 Å². The molecule has 108 valence electrons. The summed E-state index contributed by atoms with van der Waals surface area (Å²) in [7, 11) is 1.68. The van der Waals surface area contributed by atoms with Gasteiger partial charge in [-0.3, -0.25) is 0 Å². The maximum atomic E-state index is 11.5. The van der Waals surface area contributed by atoms with Crippen LogP contribution in [0, 0.1) is 13.8 Å². The molecule has 1 aromatic rings. The fourth-order valence-electron chi connectivity index (χ4n) is 2.53. The number of aryl methyl sites for hydroxylation is 2. The largest absolute Gasteiger partial charge is 0.478 e. The third-order valence-electron chi connectivity index (χ3n) is 3.47. The van der Waals surface area contributed by atoms with Crippen LogP contribution in [0.2, 0.25) is 0 Å². The number of pyridine rings is 1. The number of carbonyl (C=O) groups is 1. The molecule has 5 heteroatoms. The summed E-state index contributed by atoms with van der Waals surface area (Å²) in [5.41, 5.74) is 3.16. The average molecular weight is 276 g/mol. The summed E-state index contributed by atoms with van der Waals surface area (Å²) in [5.74, 6) is -0.348. The summed E-state index contributed by atoms with van der Waals surface area (Å²) in [6.45, 7) is 5.79. The Morgan fingerprint density at radius 3 is 2.80 bits per heavy atom. The van der Waals surface area contributed by atoms with Crippen molar-refractivity contribution in [3.63, 3.8) is 0 Å². The van der Waals surface area contributed by atoms with Gasteiger partial charge in [0, 0.05) is 25.9 Å². The molecule has 0 amide bonds. The first-order chi connectivity index (χ1) is 9.52. The maximum absolute atomic E-state index is 11.5. The molecule has 0 saturated heterocycles. The van der Waals surface area contributed by atoms with Gasteiger partial charge in [0.05, 0.1) is 6.61 Å². The van der Waals surface area contributed by atoms with E-state index < -0.39 is 5.97 Å². The van der Waals surface area contributed by atoms with Crippen LogP contribution in [0.1, 0.15) is 28.0 Å². The van der Waals surface area contributed by atoms with E-state index in [1.165, 1.54) is 5.57 Å². The van der Waals surface area contributed by atoms with E-state index in [1.54, 1.807) is 7.11 Å². The number of hydrogen-bond acceptors (Lipinski definition) is 4. The minimum atomic E-state index is -0.920. The number of hydrogen-bond donors (Lipinski definition) is 1. The second-order valence-corrected chi connectivity index (χ2v) is 5.08.